The summed E-state index contributed by atoms with van der Waals surface area (Å²) in [7, 11) is 0. The molecule has 0 bridgehead atoms. The van der Waals surface area contributed by atoms with E-state index in [2.05, 4.69) is 38.5 Å². The Balaban J connectivity index is 1.31. The van der Waals surface area contributed by atoms with Crippen molar-refractivity contribution < 1.29 is 4.79 Å². The van der Waals surface area contributed by atoms with Crippen LogP contribution in [0.5, 0.6) is 0 Å². The number of amides is 1. The number of likely N-dealkylation sites (tertiary alicyclic amines) is 1. The Labute approximate surface area is 141 Å². The molecule has 1 unspecified atom stereocenters. The summed E-state index contributed by atoms with van der Waals surface area (Å²) in [5, 5.41) is 11.1. The minimum Gasteiger partial charge on any atom is -0.345 e. The second-order valence-corrected chi connectivity index (χ2v) is 6.62. The van der Waals surface area contributed by atoms with Crippen LogP contribution >= 0.6 is 0 Å². The number of nitrogens with one attached hydrogen (secondary N) is 1. The highest BCUT2D eigenvalue weighted by molar-refractivity contribution is 5.92. The standard InChI is InChI=1S/C17H22N6O/c1-2-16(14-5-3-4-8-18-14)22-9-12(10-22)19-17(24)15-11-23(21-20-15)13-6-7-13/h3-5,8,11-13,16H,2,6-7,9-10H2,1H3,(H,19,24). The molecular formula is C17H22N6O. The van der Waals surface area contributed by atoms with E-state index in [0.717, 1.165) is 38.0 Å². The summed E-state index contributed by atoms with van der Waals surface area (Å²) in [6.07, 6.45) is 6.86. The number of aromatic nitrogens is 4. The molecule has 2 aromatic rings. The summed E-state index contributed by atoms with van der Waals surface area (Å²) in [6.45, 7) is 3.86. The molecule has 3 heterocycles. The molecule has 2 aromatic heterocycles. The molecule has 1 aliphatic carbocycles. The van der Waals surface area contributed by atoms with E-state index in [0.29, 0.717) is 17.8 Å². The van der Waals surface area contributed by atoms with E-state index in [1.54, 1.807) is 10.9 Å². The highest BCUT2D eigenvalue weighted by Gasteiger charge is 2.34. The van der Waals surface area contributed by atoms with Crippen molar-refractivity contribution in [3.63, 3.8) is 0 Å². The number of hydrogen-bond donors (Lipinski definition) is 1. The van der Waals surface area contributed by atoms with E-state index < -0.39 is 0 Å². The SMILES string of the molecule is CCC(c1ccccn1)N1CC(NC(=O)c2cn(C3CC3)nn2)C1. The van der Waals surface area contributed by atoms with Crippen LogP contribution in [0.4, 0.5) is 0 Å². The summed E-state index contributed by atoms with van der Waals surface area (Å²) < 4.78 is 1.80. The van der Waals surface area contributed by atoms with Crippen LogP contribution in [-0.2, 0) is 0 Å². The predicted octanol–water partition coefficient (Wildman–Crippen LogP) is 1.57. The number of carbonyl (C=O) groups is 1. The smallest absolute Gasteiger partial charge is 0.273 e. The van der Waals surface area contributed by atoms with Gasteiger partial charge in [0.05, 0.1) is 30.0 Å². The molecule has 1 N–H and O–H groups in total. The Morgan fingerprint density at radius 1 is 1.38 bits per heavy atom. The van der Waals surface area contributed by atoms with Gasteiger partial charge in [-0.2, -0.15) is 0 Å². The van der Waals surface area contributed by atoms with Crippen LogP contribution < -0.4 is 5.32 Å². The molecule has 2 fully saturated rings. The van der Waals surface area contributed by atoms with E-state index in [-0.39, 0.29) is 11.9 Å². The lowest BCUT2D eigenvalue weighted by molar-refractivity contribution is 0.0603. The predicted molar refractivity (Wildman–Crippen MR) is 88.4 cm³/mol. The average Bonchev–Trinajstić information content (AvgIpc) is 3.31. The number of rotatable bonds is 6. The molecule has 0 spiro atoms. The Morgan fingerprint density at radius 2 is 2.21 bits per heavy atom. The number of nitrogens with zero attached hydrogens (tertiary/aromatic N) is 5. The van der Waals surface area contributed by atoms with Crippen molar-refractivity contribution in [3.8, 4) is 0 Å². The maximum atomic E-state index is 12.3. The topological polar surface area (TPSA) is 75.9 Å². The summed E-state index contributed by atoms with van der Waals surface area (Å²) in [5.74, 6) is -0.127. The van der Waals surface area contributed by atoms with E-state index in [4.69, 9.17) is 0 Å². The van der Waals surface area contributed by atoms with Crippen LogP contribution in [0.1, 0.15) is 54.5 Å². The molecule has 126 valence electrons. The summed E-state index contributed by atoms with van der Waals surface area (Å²) in [6, 6.07) is 6.95. The second-order valence-electron chi connectivity index (χ2n) is 6.62. The highest BCUT2D eigenvalue weighted by atomic mass is 16.2. The Morgan fingerprint density at radius 3 is 2.88 bits per heavy atom. The first-order valence-electron chi connectivity index (χ1n) is 8.62. The molecule has 1 amide bonds. The van der Waals surface area contributed by atoms with E-state index in [1.165, 1.54) is 0 Å². The van der Waals surface area contributed by atoms with Crippen molar-refractivity contribution in [2.45, 2.75) is 44.3 Å². The van der Waals surface area contributed by atoms with Crippen molar-refractivity contribution >= 4 is 5.91 Å². The molecular weight excluding hydrogens is 304 g/mol. The molecule has 1 atom stereocenters. The fourth-order valence-electron chi connectivity index (χ4n) is 3.24. The van der Waals surface area contributed by atoms with Gasteiger partial charge in [0, 0.05) is 19.3 Å². The lowest BCUT2D eigenvalue weighted by Crippen LogP contribution is -2.60. The van der Waals surface area contributed by atoms with Crippen LogP contribution in [0.15, 0.2) is 30.6 Å². The van der Waals surface area contributed by atoms with E-state index in [1.807, 2.05) is 18.3 Å². The zero-order chi connectivity index (χ0) is 16.5. The van der Waals surface area contributed by atoms with Crippen molar-refractivity contribution in [2.75, 3.05) is 13.1 Å². The van der Waals surface area contributed by atoms with Gasteiger partial charge in [0.1, 0.15) is 0 Å². The van der Waals surface area contributed by atoms with Gasteiger partial charge in [0.25, 0.3) is 5.91 Å². The number of hydrogen-bond acceptors (Lipinski definition) is 5. The van der Waals surface area contributed by atoms with Gasteiger partial charge >= 0.3 is 0 Å². The largest absolute Gasteiger partial charge is 0.345 e. The first-order chi connectivity index (χ1) is 11.7. The van der Waals surface area contributed by atoms with Gasteiger partial charge in [0.15, 0.2) is 5.69 Å². The monoisotopic (exact) mass is 326 g/mol. The normalized spacial score (nSPS) is 19.7. The minimum atomic E-state index is -0.127. The van der Waals surface area contributed by atoms with Gasteiger partial charge in [-0.25, -0.2) is 4.68 Å². The molecule has 1 aliphatic heterocycles. The summed E-state index contributed by atoms with van der Waals surface area (Å²) in [5.41, 5.74) is 1.51. The quantitative estimate of drug-likeness (QED) is 0.872. The van der Waals surface area contributed by atoms with Crippen molar-refractivity contribution in [1.29, 1.82) is 0 Å². The van der Waals surface area contributed by atoms with Crippen LogP contribution in [0, 0.1) is 0 Å². The zero-order valence-electron chi connectivity index (χ0n) is 13.8. The van der Waals surface area contributed by atoms with Gasteiger partial charge in [0.2, 0.25) is 0 Å². The minimum absolute atomic E-state index is 0.127. The molecule has 2 aliphatic rings. The molecule has 4 rings (SSSR count). The maximum absolute atomic E-state index is 12.3. The fraction of sp³-hybridized carbons (Fsp3) is 0.529. The van der Waals surface area contributed by atoms with Crippen LogP contribution in [-0.4, -0.2) is 49.9 Å². The van der Waals surface area contributed by atoms with Crippen molar-refractivity contribution in [2.24, 2.45) is 0 Å². The Hall–Kier alpha value is -2.28. The van der Waals surface area contributed by atoms with Crippen molar-refractivity contribution in [1.82, 2.24) is 30.2 Å². The van der Waals surface area contributed by atoms with Crippen LogP contribution in [0.2, 0.25) is 0 Å². The summed E-state index contributed by atoms with van der Waals surface area (Å²) >= 11 is 0. The molecule has 1 saturated heterocycles. The lowest BCUT2D eigenvalue weighted by Gasteiger charge is -2.44. The molecule has 1 saturated carbocycles. The molecule has 7 nitrogen and oxygen atoms in total. The first kappa shape index (κ1) is 15.3. The van der Waals surface area contributed by atoms with Gasteiger partial charge in [-0.05, 0) is 31.4 Å². The molecule has 0 radical (unpaired) electrons. The number of carbonyl (C=O) groups excluding carboxylic acids is 1. The van der Waals surface area contributed by atoms with Crippen molar-refractivity contribution in [3.05, 3.63) is 42.0 Å². The molecule has 0 aromatic carbocycles. The van der Waals surface area contributed by atoms with Gasteiger partial charge in [-0.3, -0.25) is 14.7 Å². The summed E-state index contributed by atoms with van der Waals surface area (Å²) in [4.78, 5) is 19.1. The van der Waals surface area contributed by atoms with E-state index in [9.17, 15) is 4.79 Å². The molecule has 24 heavy (non-hydrogen) atoms. The zero-order valence-corrected chi connectivity index (χ0v) is 13.8. The van der Waals surface area contributed by atoms with Crippen LogP contribution in [0.3, 0.4) is 0 Å². The van der Waals surface area contributed by atoms with E-state index >= 15 is 0 Å². The Kier molecular flexibility index (Phi) is 4.02. The lowest BCUT2D eigenvalue weighted by atomic mass is 10.0. The van der Waals surface area contributed by atoms with Gasteiger partial charge < -0.3 is 5.32 Å². The second kappa shape index (κ2) is 6.32. The average molecular weight is 326 g/mol. The number of pyridine rings is 1. The van der Waals surface area contributed by atoms with Crippen LogP contribution in [0.25, 0.3) is 0 Å². The fourth-order valence-corrected chi connectivity index (χ4v) is 3.24. The third kappa shape index (κ3) is 3.03. The van der Waals surface area contributed by atoms with Gasteiger partial charge in [-0.1, -0.05) is 18.2 Å². The molecule has 7 heteroatoms. The highest BCUT2D eigenvalue weighted by Crippen LogP contribution is 2.33. The Bertz CT molecular complexity index is 705. The van der Waals surface area contributed by atoms with Gasteiger partial charge in [-0.15, -0.1) is 5.10 Å². The third-order valence-corrected chi connectivity index (χ3v) is 4.77. The maximum Gasteiger partial charge on any atom is 0.273 e. The third-order valence-electron chi connectivity index (χ3n) is 4.77. The first-order valence-corrected chi connectivity index (χ1v) is 8.62.